The second-order valence-corrected chi connectivity index (χ2v) is 6.77. The van der Waals surface area contributed by atoms with Gasteiger partial charge in [0.1, 0.15) is 6.54 Å². The van der Waals surface area contributed by atoms with E-state index in [1.807, 2.05) is 26.0 Å². The lowest BCUT2D eigenvalue weighted by Crippen LogP contribution is -2.40. The summed E-state index contributed by atoms with van der Waals surface area (Å²) in [4.78, 5) is 37.3. The van der Waals surface area contributed by atoms with Gasteiger partial charge in [0.2, 0.25) is 5.91 Å². The molecule has 0 aromatic heterocycles. The number of ether oxygens (including phenoxy) is 1. The van der Waals surface area contributed by atoms with Gasteiger partial charge in [-0.25, -0.2) is 0 Å². The third kappa shape index (κ3) is 5.61. The Bertz CT molecular complexity index is 927. The van der Waals surface area contributed by atoms with Gasteiger partial charge in [-0.3, -0.25) is 19.7 Å². The molecule has 0 aliphatic heterocycles. The molecule has 154 valence electrons. The maximum atomic E-state index is 12.9. The Hall–Kier alpha value is -3.26. The fourth-order valence-corrected chi connectivity index (χ4v) is 2.88. The van der Waals surface area contributed by atoms with Gasteiger partial charge in [0, 0.05) is 36.5 Å². The number of amides is 2. The first-order valence-electron chi connectivity index (χ1n) is 9.14. The molecule has 0 atom stereocenters. The number of aryl methyl sites for hydroxylation is 2. The fourth-order valence-electron chi connectivity index (χ4n) is 2.88. The van der Waals surface area contributed by atoms with Crippen molar-refractivity contribution < 1.29 is 19.2 Å². The molecule has 2 rings (SSSR count). The number of rotatable bonds is 8. The largest absolute Gasteiger partial charge is 0.383 e. The van der Waals surface area contributed by atoms with E-state index in [0.717, 1.165) is 11.1 Å². The molecule has 0 aliphatic carbocycles. The van der Waals surface area contributed by atoms with Gasteiger partial charge in [0.25, 0.3) is 11.6 Å². The van der Waals surface area contributed by atoms with Gasteiger partial charge in [-0.2, -0.15) is 0 Å². The molecule has 0 fully saturated rings. The molecule has 1 N–H and O–H groups in total. The topological polar surface area (TPSA) is 102 Å². The molecule has 0 radical (unpaired) electrons. The summed E-state index contributed by atoms with van der Waals surface area (Å²) in [7, 11) is 1.51. The summed E-state index contributed by atoms with van der Waals surface area (Å²) in [6.45, 7) is 5.75. The average Bonchev–Trinajstić information content (AvgIpc) is 2.67. The number of carbonyl (C=O) groups excluding carboxylic acids is 2. The van der Waals surface area contributed by atoms with Crippen molar-refractivity contribution in [1.82, 2.24) is 4.90 Å². The molecule has 0 saturated carbocycles. The average molecular weight is 399 g/mol. The van der Waals surface area contributed by atoms with E-state index in [1.165, 1.54) is 30.2 Å². The molecular formula is C21H25N3O5. The summed E-state index contributed by atoms with van der Waals surface area (Å²) in [5.41, 5.74) is 3.31. The number of anilines is 1. The second kappa shape index (κ2) is 9.79. The minimum atomic E-state index is -0.496. The van der Waals surface area contributed by atoms with Gasteiger partial charge in [-0.05, 0) is 50.1 Å². The Morgan fingerprint density at radius 2 is 1.86 bits per heavy atom. The van der Waals surface area contributed by atoms with E-state index >= 15 is 0 Å². The van der Waals surface area contributed by atoms with Crippen molar-refractivity contribution in [3.8, 4) is 0 Å². The number of carbonyl (C=O) groups is 2. The first kappa shape index (κ1) is 22.0. The van der Waals surface area contributed by atoms with Crippen LogP contribution in [-0.4, -0.2) is 48.4 Å². The van der Waals surface area contributed by atoms with Crippen molar-refractivity contribution in [2.75, 3.05) is 32.1 Å². The summed E-state index contributed by atoms with van der Waals surface area (Å²) >= 11 is 0. The normalized spacial score (nSPS) is 10.5. The predicted octanol–water partition coefficient (Wildman–Crippen LogP) is 3.25. The van der Waals surface area contributed by atoms with Crippen LogP contribution in [0.25, 0.3) is 0 Å². The molecule has 0 saturated heterocycles. The zero-order valence-corrected chi connectivity index (χ0v) is 17.0. The number of hydrogen-bond acceptors (Lipinski definition) is 5. The SMILES string of the molecule is COCCN(CC(=O)Nc1cccc(C)c1C)C(=O)c1ccc([N+](=O)[O-])c(C)c1. The van der Waals surface area contributed by atoms with Gasteiger partial charge in [0.05, 0.1) is 11.5 Å². The zero-order chi connectivity index (χ0) is 21.6. The van der Waals surface area contributed by atoms with Crippen molar-refractivity contribution in [3.63, 3.8) is 0 Å². The molecule has 2 aromatic rings. The van der Waals surface area contributed by atoms with Crippen molar-refractivity contribution in [1.29, 1.82) is 0 Å². The highest BCUT2D eigenvalue weighted by atomic mass is 16.6. The van der Waals surface area contributed by atoms with Crippen molar-refractivity contribution >= 4 is 23.2 Å². The molecule has 8 heteroatoms. The maximum Gasteiger partial charge on any atom is 0.272 e. The van der Waals surface area contributed by atoms with E-state index < -0.39 is 10.8 Å². The van der Waals surface area contributed by atoms with Crippen LogP contribution in [0.1, 0.15) is 27.0 Å². The Morgan fingerprint density at radius 3 is 2.48 bits per heavy atom. The van der Waals surface area contributed by atoms with Crippen LogP contribution in [0.3, 0.4) is 0 Å². The van der Waals surface area contributed by atoms with E-state index in [0.29, 0.717) is 11.3 Å². The molecule has 0 bridgehead atoms. The van der Waals surface area contributed by atoms with Gasteiger partial charge < -0.3 is 15.0 Å². The summed E-state index contributed by atoms with van der Waals surface area (Å²) in [5.74, 6) is -0.724. The van der Waals surface area contributed by atoms with Gasteiger partial charge in [-0.1, -0.05) is 12.1 Å². The molecule has 0 heterocycles. The number of hydrogen-bond donors (Lipinski definition) is 1. The van der Waals surface area contributed by atoms with E-state index in [9.17, 15) is 19.7 Å². The monoisotopic (exact) mass is 399 g/mol. The van der Waals surface area contributed by atoms with Crippen LogP contribution >= 0.6 is 0 Å². The number of methoxy groups -OCH3 is 1. The van der Waals surface area contributed by atoms with Crippen LogP contribution in [0.4, 0.5) is 11.4 Å². The Morgan fingerprint density at radius 1 is 1.14 bits per heavy atom. The van der Waals surface area contributed by atoms with Gasteiger partial charge in [0.15, 0.2) is 0 Å². The van der Waals surface area contributed by atoms with Crippen molar-refractivity contribution in [2.45, 2.75) is 20.8 Å². The zero-order valence-electron chi connectivity index (χ0n) is 17.0. The summed E-state index contributed by atoms with van der Waals surface area (Å²) in [5, 5.41) is 13.8. The maximum absolute atomic E-state index is 12.9. The van der Waals surface area contributed by atoms with Crippen LogP contribution in [0.5, 0.6) is 0 Å². The van der Waals surface area contributed by atoms with E-state index in [4.69, 9.17) is 4.74 Å². The van der Waals surface area contributed by atoms with Crippen LogP contribution < -0.4 is 5.32 Å². The number of nitrogens with zero attached hydrogens (tertiary/aromatic N) is 2. The highest BCUT2D eigenvalue weighted by Gasteiger charge is 2.21. The number of nitro groups is 1. The lowest BCUT2D eigenvalue weighted by Gasteiger charge is -2.22. The van der Waals surface area contributed by atoms with E-state index in [1.54, 1.807) is 13.0 Å². The van der Waals surface area contributed by atoms with Crippen LogP contribution in [0, 0.1) is 30.9 Å². The Kier molecular flexibility index (Phi) is 7.44. The quantitative estimate of drug-likeness (QED) is 0.542. The second-order valence-electron chi connectivity index (χ2n) is 6.77. The fraction of sp³-hybridized carbons (Fsp3) is 0.333. The van der Waals surface area contributed by atoms with E-state index in [2.05, 4.69) is 5.32 Å². The first-order valence-corrected chi connectivity index (χ1v) is 9.14. The molecule has 29 heavy (non-hydrogen) atoms. The number of nitro benzene ring substituents is 1. The summed E-state index contributed by atoms with van der Waals surface area (Å²) in [6.07, 6.45) is 0. The number of benzene rings is 2. The Balaban J connectivity index is 2.18. The van der Waals surface area contributed by atoms with Crippen LogP contribution in [0.15, 0.2) is 36.4 Å². The minimum Gasteiger partial charge on any atom is -0.383 e. The predicted molar refractivity (Wildman–Crippen MR) is 110 cm³/mol. The molecule has 2 amide bonds. The minimum absolute atomic E-state index is 0.0577. The summed E-state index contributed by atoms with van der Waals surface area (Å²) < 4.78 is 5.05. The Labute approximate surface area is 169 Å². The molecule has 0 unspecified atom stereocenters. The van der Waals surface area contributed by atoms with Crippen molar-refractivity contribution in [3.05, 3.63) is 68.8 Å². The molecule has 0 aliphatic rings. The lowest BCUT2D eigenvalue weighted by molar-refractivity contribution is -0.385. The van der Waals surface area contributed by atoms with Crippen LogP contribution in [-0.2, 0) is 9.53 Å². The summed E-state index contributed by atoms with van der Waals surface area (Å²) in [6, 6.07) is 9.77. The smallest absolute Gasteiger partial charge is 0.272 e. The van der Waals surface area contributed by atoms with Crippen LogP contribution in [0.2, 0.25) is 0 Å². The van der Waals surface area contributed by atoms with Gasteiger partial charge in [-0.15, -0.1) is 0 Å². The standard InChI is InChI=1S/C21H25N3O5/c1-14-6-5-7-18(16(14)3)22-20(25)13-23(10-11-29-4)21(26)17-8-9-19(24(27)28)15(2)12-17/h5-9,12H,10-11,13H2,1-4H3,(H,22,25). The van der Waals surface area contributed by atoms with E-state index in [-0.39, 0.29) is 36.9 Å². The molecule has 2 aromatic carbocycles. The van der Waals surface area contributed by atoms with Gasteiger partial charge >= 0.3 is 0 Å². The highest BCUT2D eigenvalue weighted by molar-refractivity contribution is 6.00. The molecular weight excluding hydrogens is 374 g/mol. The first-order chi connectivity index (χ1) is 13.7. The number of nitrogens with one attached hydrogen (secondary N) is 1. The highest BCUT2D eigenvalue weighted by Crippen LogP contribution is 2.20. The lowest BCUT2D eigenvalue weighted by atomic mass is 10.1. The molecule has 0 spiro atoms. The third-order valence-corrected chi connectivity index (χ3v) is 4.71. The van der Waals surface area contributed by atoms with Crippen molar-refractivity contribution in [2.24, 2.45) is 0 Å². The third-order valence-electron chi connectivity index (χ3n) is 4.71. The molecule has 8 nitrogen and oxygen atoms in total.